The first-order chi connectivity index (χ1) is 13.6. The van der Waals surface area contributed by atoms with Crippen molar-refractivity contribution in [2.24, 2.45) is 0 Å². The summed E-state index contributed by atoms with van der Waals surface area (Å²) in [4.78, 5) is 17.1. The van der Waals surface area contributed by atoms with Crippen LogP contribution < -0.4 is 14.2 Å². The largest absolute Gasteiger partial charge is 0.496 e. The van der Waals surface area contributed by atoms with E-state index in [-0.39, 0.29) is 5.91 Å². The Labute approximate surface area is 165 Å². The van der Waals surface area contributed by atoms with E-state index >= 15 is 0 Å². The number of fused-ring (bicyclic) bond motifs is 1. The number of hydrogen-bond acceptors (Lipinski definition) is 5. The van der Waals surface area contributed by atoms with Crippen molar-refractivity contribution in [3.8, 4) is 17.2 Å². The molecule has 1 saturated heterocycles. The molecule has 2 aliphatic rings. The normalized spacial score (nSPS) is 16.7. The monoisotopic (exact) mass is 382 g/mol. The van der Waals surface area contributed by atoms with E-state index in [1.807, 2.05) is 36.1 Å². The number of amides is 1. The number of nitrogens with zero attached hydrogens (tertiary/aromatic N) is 2. The summed E-state index contributed by atoms with van der Waals surface area (Å²) in [6.45, 7) is 7.17. The minimum atomic E-state index is 0.0669. The molecule has 4 rings (SSSR count). The van der Waals surface area contributed by atoms with Gasteiger partial charge >= 0.3 is 0 Å². The third-order valence-electron chi connectivity index (χ3n) is 5.33. The molecule has 0 aliphatic carbocycles. The third-order valence-corrected chi connectivity index (χ3v) is 5.33. The van der Waals surface area contributed by atoms with Crippen LogP contribution in [0.25, 0.3) is 0 Å². The summed E-state index contributed by atoms with van der Waals surface area (Å²) in [6, 6.07) is 11.8. The lowest BCUT2D eigenvalue weighted by Crippen LogP contribution is -2.48. The highest BCUT2D eigenvalue weighted by Crippen LogP contribution is 2.31. The molecule has 0 N–H and O–H groups in total. The summed E-state index contributed by atoms with van der Waals surface area (Å²) in [5.74, 6) is 2.46. The maximum Gasteiger partial charge on any atom is 0.254 e. The molecule has 0 bridgehead atoms. The zero-order valence-corrected chi connectivity index (χ0v) is 16.4. The molecule has 2 aromatic rings. The molecule has 2 aliphatic heterocycles. The molecule has 28 heavy (non-hydrogen) atoms. The predicted octanol–water partition coefficient (Wildman–Crippen LogP) is 2.73. The van der Waals surface area contributed by atoms with Crippen LogP contribution in [0.3, 0.4) is 0 Å². The van der Waals surface area contributed by atoms with Crippen molar-refractivity contribution in [3.05, 3.63) is 53.1 Å². The van der Waals surface area contributed by atoms with Crippen molar-refractivity contribution in [1.82, 2.24) is 9.80 Å². The molecule has 0 atom stereocenters. The Morgan fingerprint density at radius 1 is 1.00 bits per heavy atom. The first-order valence-corrected chi connectivity index (χ1v) is 9.69. The van der Waals surface area contributed by atoms with Gasteiger partial charge in [-0.3, -0.25) is 9.69 Å². The van der Waals surface area contributed by atoms with Crippen LogP contribution in [-0.4, -0.2) is 62.2 Å². The van der Waals surface area contributed by atoms with E-state index < -0.39 is 0 Å². The number of aryl methyl sites for hydroxylation is 1. The molecule has 0 unspecified atom stereocenters. The summed E-state index contributed by atoms with van der Waals surface area (Å²) in [5.41, 5.74) is 2.92. The molecule has 148 valence electrons. The molecular formula is C22H26N2O4. The highest BCUT2D eigenvalue weighted by Gasteiger charge is 2.23. The number of hydrogen-bond donors (Lipinski definition) is 0. The number of carbonyl (C=O) groups is 1. The van der Waals surface area contributed by atoms with Gasteiger partial charge in [-0.25, -0.2) is 0 Å². The molecule has 1 fully saturated rings. The van der Waals surface area contributed by atoms with Crippen molar-refractivity contribution < 1.29 is 19.0 Å². The van der Waals surface area contributed by atoms with E-state index in [0.717, 1.165) is 55.5 Å². The molecule has 6 nitrogen and oxygen atoms in total. The molecule has 0 aromatic heterocycles. The Morgan fingerprint density at radius 3 is 2.50 bits per heavy atom. The number of methoxy groups -OCH3 is 1. The third kappa shape index (κ3) is 3.92. The van der Waals surface area contributed by atoms with Crippen LogP contribution in [0.2, 0.25) is 0 Å². The molecule has 6 heteroatoms. The minimum absolute atomic E-state index is 0.0669. The molecular weight excluding hydrogens is 356 g/mol. The standard InChI is InChI=1S/C22H26N2O4/c1-16-3-5-18(14-20(16)26-2)22(25)24-9-7-23(8-10-24)15-17-4-6-19-21(13-17)28-12-11-27-19/h3-6,13-14H,7-12,15H2,1-2H3. The zero-order valence-electron chi connectivity index (χ0n) is 16.4. The lowest BCUT2D eigenvalue weighted by Gasteiger charge is -2.35. The van der Waals surface area contributed by atoms with E-state index in [4.69, 9.17) is 14.2 Å². The fourth-order valence-electron chi connectivity index (χ4n) is 3.69. The first kappa shape index (κ1) is 18.6. The van der Waals surface area contributed by atoms with Gasteiger partial charge in [-0.15, -0.1) is 0 Å². The van der Waals surface area contributed by atoms with E-state index in [9.17, 15) is 4.79 Å². The van der Waals surface area contributed by atoms with Crippen molar-refractivity contribution >= 4 is 5.91 Å². The summed E-state index contributed by atoms with van der Waals surface area (Å²) >= 11 is 0. The van der Waals surface area contributed by atoms with Crippen LogP contribution in [0.1, 0.15) is 21.5 Å². The average Bonchev–Trinajstić information content (AvgIpc) is 2.74. The maximum absolute atomic E-state index is 12.8. The number of rotatable bonds is 4. The SMILES string of the molecule is COc1cc(C(=O)N2CCN(Cc3ccc4c(c3)OCCO4)CC2)ccc1C. The van der Waals surface area contributed by atoms with Crippen molar-refractivity contribution in [1.29, 1.82) is 0 Å². The zero-order chi connectivity index (χ0) is 19.5. The Kier molecular flexibility index (Phi) is 5.39. The quantitative estimate of drug-likeness (QED) is 0.814. The first-order valence-electron chi connectivity index (χ1n) is 9.69. The second kappa shape index (κ2) is 8.10. The lowest BCUT2D eigenvalue weighted by atomic mass is 10.1. The maximum atomic E-state index is 12.8. The van der Waals surface area contributed by atoms with Gasteiger partial charge in [-0.2, -0.15) is 0 Å². The molecule has 0 radical (unpaired) electrons. The average molecular weight is 382 g/mol. The predicted molar refractivity (Wildman–Crippen MR) is 106 cm³/mol. The fourth-order valence-corrected chi connectivity index (χ4v) is 3.69. The Balaban J connectivity index is 1.35. The van der Waals surface area contributed by atoms with Crippen LogP contribution in [-0.2, 0) is 6.54 Å². The van der Waals surface area contributed by atoms with Gasteiger partial charge in [0.05, 0.1) is 7.11 Å². The van der Waals surface area contributed by atoms with E-state index in [1.165, 1.54) is 5.56 Å². The Bertz CT molecular complexity index is 860. The van der Waals surface area contributed by atoms with Crippen LogP contribution >= 0.6 is 0 Å². The van der Waals surface area contributed by atoms with Crippen molar-refractivity contribution in [3.63, 3.8) is 0 Å². The second-order valence-corrected chi connectivity index (χ2v) is 7.23. The fraction of sp³-hybridized carbons (Fsp3) is 0.409. The van der Waals surface area contributed by atoms with Crippen LogP contribution in [0.5, 0.6) is 17.2 Å². The molecule has 0 spiro atoms. The summed E-state index contributed by atoms with van der Waals surface area (Å²) in [7, 11) is 1.63. The second-order valence-electron chi connectivity index (χ2n) is 7.23. The minimum Gasteiger partial charge on any atom is -0.496 e. The Hall–Kier alpha value is -2.73. The number of piperazine rings is 1. The number of carbonyl (C=O) groups excluding carboxylic acids is 1. The van der Waals surface area contributed by atoms with Gasteiger partial charge in [0.25, 0.3) is 5.91 Å². The topological polar surface area (TPSA) is 51.2 Å². The van der Waals surface area contributed by atoms with Gasteiger partial charge < -0.3 is 19.1 Å². The van der Waals surface area contributed by atoms with E-state index in [2.05, 4.69) is 17.0 Å². The summed E-state index contributed by atoms with van der Waals surface area (Å²) in [5, 5.41) is 0. The van der Waals surface area contributed by atoms with Crippen LogP contribution in [0.4, 0.5) is 0 Å². The van der Waals surface area contributed by atoms with Gasteiger partial charge in [0.15, 0.2) is 11.5 Å². The van der Waals surface area contributed by atoms with E-state index in [0.29, 0.717) is 18.8 Å². The van der Waals surface area contributed by atoms with Gasteiger partial charge in [0.1, 0.15) is 19.0 Å². The summed E-state index contributed by atoms with van der Waals surface area (Å²) < 4.78 is 16.6. The molecule has 2 aromatic carbocycles. The molecule has 1 amide bonds. The van der Waals surface area contributed by atoms with Crippen LogP contribution in [0.15, 0.2) is 36.4 Å². The lowest BCUT2D eigenvalue weighted by molar-refractivity contribution is 0.0628. The smallest absolute Gasteiger partial charge is 0.254 e. The van der Waals surface area contributed by atoms with Crippen LogP contribution in [0, 0.1) is 6.92 Å². The van der Waals surface area contributed by atoms with Gasteiger partial charge in [-0.1, -0.05) is 12.1 Å². The summed E-state index contributed by atoms with van der Waals surface area (Å²) in [6.07, 6.45) is 0. The molecule has 2 heterocycles. The van der Waals surface area contributed by atoms with Crippen molar-refractivity contribution in [2.45, 2.75) is 13.5 Å². The van der Waals surface area contributed by atoms with E-state index in [1.54, 1.807) is 7.11 Å². The molecule has 0 saturated carbocycles. The van der Waals surface area contributed by atoms with Gasteiger partial charge in [0, 0.05) is 38.3 Å². The van der Waals surface area contributed by atoms with Gasteiger partial charge in [-0.05, 0) is 42.3 Å². The Morgan fingerprint density at radius 2 is 1.75 bits per heavy atom. The number of ether oxygens (including phenoxy) is 3. The van der Waals surface area contributed by atoms with Crippen molar-refractivity contribution in [2.75, 3.05) is 46.5 Å². The van der Waals surface area contributed by atoms with Gasteiger partial charge in [0.2, 0.25) is 0 Å². The number of benzene rings is 2. The highest BCUT2D eigenvalue weighted by molar-refractivity contribution is 5.94. The highest BCUT2D eigenvalue weighted by atomic mass is 16.6.